The molecule has 3 heterocycles. The fourth-order valence-corrected chi connectivity index (χ4v) is 2.87. The van der Waals surface area contributed by atoms with E-state index in [1.165, 1.54) is 0 Å². The van der Waals surface area contributed by atoms with Crippen LogP contribution in [0.5, 0.6) is 0 Å². The van der Waals surface area contributed by atoms with E-state index in [-0.39, 0.29) is 18.1 Å². The van der Waals surface area contributed by atoms with Crippen molar-refractivity contribution >= 4 is 5.91 Å². The Bertz CT molecular complexity index is 619. The first-order valence-electron chi connectivity index (χ1n) is 8.04. The average molecular weight is 311 g/mol. The van der Waals surface area contributed by atoms with Gasteiger partial charge in [0.05, 0.1) is 6.04 Å². The molecule has 2 atom stereocenters. The molecule has 23 heavy (non-hydrogen) atoms. The maximum absolute atomic E-state index is 12.2. The van der Waals surface area contributed by atoms with Crippen LogP contribution in [-0.4, -0.2) is 28.5 Å². The van der Waals surface area contributed by atoms with Crippen LogP contribution < -0.4 is 5.32 Å². The number of carbonyl (C=O) groups excluding carboxylic acids is 1. The number of pyridine rings is 2. The standard InChI is InChI=1S/C18H21N3O2/c22-17(8-3-7-15-6-1-2-11-20-15)21-16-9-12-23-18(16)14-5-4-10-19-13-14/h1-2,4-6,10-11,13,16,18H,3,7-9,12H2,(H,21,22)/t16-,18+/m0/s1. The number of amides is 1. The van der Waals surface area contributed by atoms with Gasteiger partial charge in [-0.15, -0.1) is 0 Å². The van der Waals surface area contributed by atoms with Gasteiger partial charge in [-0.05, 0) is 37.5 Å². The Labute approximate surface area is 136 Å². The molecule has 5 heteroatoms. The van der Waals surface area contributed by atoms with Crippen LogP contribution >= 0.6 is 0 Å². The molecule has 0 spiro atoms. The summed E-state index contributed by atoms with van der Waals surface area (Å²) in [7, 11) is 0. The lowest BCUT2D eigenvalue weighted by molar-refractivity contribution is -0.122. The Kier molecular flexibility index (Phi) is 5.32. The van der Waals surface area contributed by atoms with E-state index in [4.69, 9.17) is 4.74 Å². The molecule has 1 aliphatic rings. The maximum Gasteiger partial charge on any atom is 0.220 e. The van der Waals surface area contributed by atoms with Crippen molar-refractivity contribution in [2.24, 2.45) is 0 Å². The van der Waals surface area contributed by atoms with Gasteiger partial charge in [0, 0.05) is 42.9 Å². The molecule has 0 radical (unpaired) electrons. The van der Waals surface area contributed by atoms with Gasteiger partial charge in [-0.2, -0.15) is 0 Å². The number of hydrogen-bond donors (Lipinski definition) is 1. The number of nitrogens with one attached hydrogen (secondary N) is 1. The Morgan fingerprint density at radius 2 is 2.22 bits per heavy atom. The number of carbonyl (C=O) groups is 1. The summed E-state index contributed by atoms with van der Waals surface area (Å²) in [4.78, 5) is 20.6. The highest BCUT2D eigenvalue weighted by atomic mass is 16.5. The van der Waals surface area contributed by atoms with E-state index in [0.29, 0.717) is 13.0 Å². The van der Waals surface area contributed by atoms with Crippen LogP contribution in [-0.2, 0) is 16.0 Å². The summed E-state index contributed by atoms with van der Waals surface area (Å²) in [6.07, 6.45) is 8.20. The summed E-state index contributed by atoms with van der Waals surface area (Å²) in [6.45, 7) is 0.665. The Hall–Kier alpha value is -2.27. The Morgan fingerprint density at radius 3 is 3.00 bits per heavy atom. The summed E-state index contributed by atoms with van der Waals surface area (Å²) in [5, 5.41) is 3.10. The predicted octanol–water partition coefficient (Wildman–Crippen LogP) is 2.45. The molecule has 1 N–H and O–H groups in total. The molecule has 0 saturated carbocycles. The predicted molar refractivity (Wildman–Crippen MR) is 86.7 cm³/mol. The largest absolute Gasteiger partial charge is 0.371 e. The lowest BCUT2D eigenvalue weighted by atomic mass is 10.0. The summed E-state index contributed by atoms with van der Waals surface area (Å²) < 4.78 is 5.76. The third-order valence-corrected chi connectivity index (χ3v) is 4.01. The number of aromatic nitrogens is 2. The third-order valence-electron chi connectivity index (χ3n) is 4.01. The number of rotatable bonds is 6. The molecule has 1 aliphatic heterocycles. The van der Waals surface area contributed by atoms with Crippen LogP contribution in [0.25, 0.3) is 0 Å². The van der Waals surface area contributed by atoms with Gasteiger partial charge in [-0.3, -0.25) is 14.8 Å². The summed E-state index contributed by atoms with van der Waals surface area (Å²) in [6, 6.07) is 9.76. The maximum atomic E-state index is 12.2. The SMILES string of the molecule is O=C(CCCc1ccccn1)N[C@H]1CCO[C@@H]1c1cccnc1. The third kappa shape index (κ3) is 4.36. The van der Waals surface area contributed by atoms with Crippen molar-refractivity contribution in [2.45, 2.75) is 37.8 Å². The lowest BCUT2D eigenvalue weighted by Gasteiger charge is -2.20. The quantitative estimate of drug-likeness (QED) is 0.890. The molecular weight excluding hydrogens is 290 g/mol. The van der Waals surface area contributed by atoms with Gasteiger partial charge < -0.3 is 10.1 Å². The molecular formula is C18H21N3O2. The number of ether oxygens (including phenoxy) is 1. The molecule has 120 valence electrons. The van der Waals surface area contributed by atoms with Crippen molar-refractivity contribution in [1.82, 2.24) is 15.3 Å². The zero-order valence-corrected chi connectivity index (χ0v) is 13.0. The van der Waals surface area contributed by atoms with Crippen LogP contribution in [0.15, 0.2) is 48.9 Å². The Balaban J connectivity index is 1.47. The molecule has 2 aromatic heterocycles. The van der Waals surface area contributed by atoms with Gasteiger partial charge in [0.1, 0.15) is 6.10 Å². The molecule has 0 unspecified atom stereocenters. The van der Waals surface area contributed by atoms with E-state index >= 15 is 0 Å². The van der Waals surface area contributed by atoms with Crippen LogP contribution in [0.2, 0.25) is 0 Å². The minimum Gasteiger partial charge on any atom is -0.371 e. The first-order valence-corrected chi connectivity index (χ1v) is 8.04. The molecule has 0 aliphatic carbocycles. The minimum atomic E-state index is -0.0940. The van der Waals surface area contributed by atoms with Crippen molar-refractivity contribution in [1.29, 1.82) is 0 Å². The van der Waals surface area contributed by atoms with Crippen molar-refractivity contribution in [3.05, 3.63) is 60.2 Å². The highest BCUT2D eigenvalue weighted by Gasteiger charge is 2.30. The highest BCUT2D eigenvalue weighted by Crippen LogP contribution is 2.28. The van der Waals surface area contributed by atoms with Crippen LogP contribution in [0.1, 0.15) is 36.6 Å². The first kappa shape index (κ1) is 15.6. The van der Waals surface area contributed by atoms with E-state index < -0.39 is 0 Å². The van der Waals surface area contributed by atoms with Gasteiger partial charge in [0.2, 0.25) is 5.91 Å². The van der Waals surface area contributed by atoms with Crippen LogP contribution in [0, 0.1) is 0 Å². The molecule has 2 aromatic rings. The first-order chi connectivity index (χ1) is 11.3. The average Bonchev–Trinajstić information content (AvgIpc) is 3.05. The second-order valence-corrected chi connectivity index (χ2v) is 5.72. The van der Waals surface area contributed by atoms with Crippen molar-refractivity contribution in [2.75, 3.05) is 6.61 Å². The van der Waals surface area contributed by atoms with Gasteiger partial charge in [0.25, 0.3) is 0 Å². The lowest BCUT2D eigenvalue weighted by Crippen LogP contribution is -2.36. The van der Waals surface area contributed by atoms with Crippen molar-refractivity contribution in [3.8, 4) is 0 Å². The summed E-state index contributed by atoms with van der Waals surface area (Å²) in [5.41, 5.74) is 2.04. The topological polar surface area (TPSA) is 64.1 Å². The second kappa shape index (κ2) is 7.83. The molecule has 5 nitrogen and oxygen atoms in total. The van der Waals surface area contributed by atoms with E-state index in [1.807, 2.05) is 30.3 Å². The Morgan fingerprint density at radius 1 is 1.26 bits per heavy atom. The summed E-state index contributed by atoms with van der Waals surface area (Å²) in [5.74, 6) is 0.0744. The summed E-state index contributed by atoms with van der Waals surface area (Å²) >= 11 is 0. The second-order valence-electron chi connectivity index (χ2n) is 5.72. The van der Waals surface area contributed by atoms with Gasteiger partial charge >= 0.3 is 0 Å². The van der Waals surface area contributed by atoms with Crippen LogP contribution in [0.3, 0.4) is 0 Å². The van der Waals surface area contributed by atoms with E-state index in [0.717, 1.165) is 30.5 Å². The van der Waals surface area contributed by atoms with Crippen LogP contribution in [0.4, 0.5) is 0 Å². The molecule has 1 saturated heterocycles. The number of nitrogens with zero attached hydrogens (tertiary/aromatic N) is 2. The van der Waals surface area contributed by atoms with Gasteiger partial charge in [-0.25, -0.2) is 0 Å². The van der Waals surface area contributed by atoms with E-state index in [1.54, 1.807) is 18.6 Å². The zero-order chi connectivity index (χ0) is 15.9. The normalized spacial score (nSPS) is 20.3. The van der Waals surface area contributed by atoms with E-state index in [9.17, 15) is 4.79 Å². The van der Waals surface area contributed by atoms with Gasteiger partial charge in [-0.1, -0.05) is 12.1 Å². The van der Waals surface area contributed by atoms with Gasteiger partial charge in [0.15, 0.2) is 0 Å². The number of hydrogen-bond acceptors (Lipinski definition) is 4. The molecule has 3 rings (SSSR count). The fourth-order valence-electron chi connectivity index (χ4n) is 2.87. The van der Waals surface area contributed by atoms with E-state index in [2.05, 4.69) is 15.3 Å². The zero-order valence-electron chi connectivity index (χ0n) is 13.0. The smallest absolute Gasteiger partial charge is 0.220 e. The molecule has 1 amide bonds. The molecule has 1 fully saturated rings. The van der Waals surface area contributed by atoms with Crippen molar-refractivity contribution < 1.29 is 9.53 Å². The fraction of sp³-hybridized carbons (Fsp3) is 0.389. The monoisotopic (exact) mass is 311 g/mol. The molecule has 0 bridgehead atoms. The highest BCUT2D eigenvalue weighted by molar-refractivity contribution is 5.76. The van der Waals surface area contributed by atoms with Crippen molar-refractivity contribution in [3.63, 3.8) is 0 Å². The molecule has 0 aromatic carbocycles. The number of aryl methyl sites for hydroxylation is 1. The minimum absolute atomic E-state index is 0.0292.